The van der Waals surface area contributed by atoms with Crippen LogP contribution in [0.1, 0.15) is 61.6 Å². The fraction of sp³-hybridized carbons (Fsp3) is 0.545. The summed E-state index contributed by atoms with van der Waals surface area (Å²) in [5, 5.41) is 7.39. The number of hydrogen-bond donors (Lipinski definition) is 2. The molecule has 1 aromatic carbocycles. The summed E-state index contributed by atoms with van der Waals surface area (Å²) < 4.78 is 0. The second-order valence-electron chi connectivity index (χ2n) is 12.6. The van der Waals surface area contributed by atoms with Gasteiger partial charge in [-0.1, -0.05) is 17.5 Å². The van der Waals surface area contributed by atoms with E-state index in [-0.39, 0.29) is 30.3 Å². The molecule has 4 aliphatic rings. The van der Waals surface area contributed by atoms with Crippen molar-refractivity contribution in [3.63, 3.8) is 0 Å². The number of carbonyl (C=O) groups is 3. The number of piperidine rings is 2. The van der Waals surface area contributed by atoms with Crippen LogP contribution in [0.15, 0.2) is 22.9 Å². The van der Waals surface area contributed by atoms with Crippen molar-refractivity contribution in [1.82, 2.24) is 19.6 Å². The van der Waals surface area contributed by atoms with E-state index >= 15 is 0 Å². The summed E-state index contributed by atoms with van der Waals surface area (Å²) in [5.74, 6) is 2.04. The molecular formula is C33H41ClN6O3S. The van der Waals surface area contributed by atoms with Crippen molar-refractivity contribution in [3.8, 4) is 12.3 Å². The first-order chi connectivity index (χ1) is 21.3. The third kappa shape index (κ3) is 6.56. The maximum absolute atomic E-state index is 14.0. The first kappa shape index (κ1) is 30.8. The smallest absolute Gasteiger partial charge is 0.322 e. The maximum Gasteiger partial charge on any atom is 0.322 e. The van der Waals surface area contributed by atoms with Crippen molar-refractivity contribution in [2.45, 2.75) is 70.0 Å². The maximum atomic E-state index is 14.0. The molecule has 5 heterocycles. The van der Waals surface area contributed by atoms with Crippen LogP contribution < -0.4 is 11.1 Å². The number of likely N-dealkylation sites (tertiary alicyclic amines) is 3. The Balaban J connectivity index is 1.11. The van der Waals surface area contributed by atoms with Gasteiger partial charge in [-0.3, -0.25) is 9.59 Å². The lowest BCUT2D eigenvalue weighted by Crippen LogP contribution is -2.51. The normalized spacial score (nSPS) is 20.7. The number of carbonyl (C=O) groups excluding carboxylic acids is 3. The summed E-state index contributed by atoms with van der Waals surface area (Å²) >= 11 is 7.98. The molecule has 0 saturated carbocycles. The highest BCUT2D eigenvalue weighted by Crippen LogP contribution is 2.32. The van der Waals surface area contributed by atoms with Crippen LogP contribution in [0.3, 0.4) is 0 Å². The molecule has 0 aliphatic carbocycles. The molecule has 3 fully saturated rings. The molecule has 4 aliphatic heterocycles. The van der Waals surface area contributed by atoms with E-state index in [0.717, 1.165) is 42.7 Å². The van der Waals surface area contributed by atoms with Gasteiger partial charge in [-0.25, -0.2) is 4.79 Å². The number of nitrogens with one attached hydrogen (secondary N) is 1. The molecule has 6 rings (SSSR count). The quantitative estimate of drug-likeness (QED) is 0.341. The van der Waals surface area contributed by atoms with Crippen molar-refractivity contribution in [2.75, 3.05) is 50.3 Å². The van der Waals surface area contributed by atoms with Gasteiger partial charge in [-0.05, 0) is 81.1 Å². The molecule has 4 amide bonds. The Morgan fingerprint density at radius 3 is 2.41 bits per heavy atom. The van der Waals surface area contributed by atoms with Gasteiger partial charge in [-0.2, -0.15) is 0 Å². The number of anilines is 2. The molecule has 44 heavy (non-hydrogen) atoms. The molecule has 0 bridgehead atoms. The Bertz CT molecular complexity index is 1430. The molecule has 0 radical (unpaired) electrons. The minimum absolute atomic E-state index is 0.0138. The number of urea groups is 1. The summed E-state index contributed by atoms with van der Waals surface area (Å²) in [7, 11) is 0. The molecule has 1 atom stereocenters. The Hall–Kier alpha value is -3.26. The number of nitrogen functional groups attached to an aromatic ring is 1. The Labute approximate surface area is 268 Å². The number of thiophene rings is 1. The van der Waals surface area contributed by atoms with Crippen molar-refractivity contribution in [1.29, 1.82) is 0 Å². The van der Waals surface area contributed by atoms with Gasteiger partial charge in [0.15, 0.2) is 0 Å². The zero-order valence-corrected chi connectivity index (χ0v) is 26.7. The van der Waals surface area contributed by atoms with Crippen LogP contribution in [-0.4, -0.2) is 88.8 Å². The second-order valence-corrected chi connectivity index (χ2v) is 13.7. The number of hydrogen-bond acceptors (Lipinski definition) is 6. The largest absolute Gasteiger partial charge is 0.397 e. The van der Waals surface area contributed by atoms with Gasteiger partial charge in [0, 0.05) is 61.2 Å². The van der Waals surface area contributed by atoms with Gasteiger partial charge in [0.2, 0.25) is 11.8 Å². The van der Waals surface area contributed by atoms with E-state index in [4.69, 9.17) is 23.8 Å². The molecule has 234 valence electrons. The average molecular weight is 637 g/mol. The first-order valence-corrected chi connectivity index (χ1v) is 17.1. The monoisotopic (exact) mass is 636 g/mol. The predicted molar refractivity (Wildman–Crippen MR) is 175 cm³/mol. The average Bonchev–Trinajstić information content (AvgIpc) is 3.74. The van der Waals surface area contributed by atoms with Crippen LogP contribution in [0.4, 0.5) is 16.2 Å². The highest BCUT2D eigenvalue weighted by atomic mass is 35.5. The highest BCUT2D eigenvalue weighted by molar-refractivity contribution is 7.08. The van der Waals surface area contributed by atoms with Crippen LogP contribution in [0.2, 0.25) is 5.02 Å². The summed E-state index contributed by atoms with van der Waals surface area (Å²) in [6.07, 6.45) is 12.0. The zero-order chi connectivity index (χ0) is 30.8. The minimum Gasteiger partial charge on any atom is -0.397 e. The van der Waals surface area contributed by atoms with E-state index in [1.54, 1.807) is 23.5 Å². The lowest BCUT2D eigenvalue weighted by atomic mass is 9.91. The van der Waals surface area contributed by atoms with Crippen LogP contribution in [0.25, 0.3) is 0 Å². The van der Waals surface area contributed by atoms with Crippen molar-refractivity contribution in [2.24, 2.45) is 5.92 Å². The van der Waals surface area contributed by atoms with Gasteiger partial charge >= 0.3 is 6.03 Å². The fourth-order valence-corrected chi connectivity index (χ4v) is 8.34. The Morgan fingerprint density at radius 1 is 1.02 bits per heavy atom. The van der Waals surface area contributed by atoms with Crippen LogP contribution >= 0.6 is 22.9 Å². The fourth-order valence-electron chi connectivity index (χ4n) is 7.32. The number of terminal acetylenes is 1. The Morgan fingerprint density at radius 2 is 1.70 bits per heavy atom. The van der Waals surface area contributed by atoms with E-state index in [1.807, 2.05) is 20.1 Å². The molecule has 0 spiro atoms. The molecule has 0 unspecified atom stereocenters. The predicted octanol–water partition coefficient (Wildman–Crippen LogP) is 4.64. The molecule has 3 N–H and O–H groups in total. The van der Waals surface area contributed by atoms with E-state index in [2.05, 4.69) is 21.5 Å². The standard InChI is InChI=1S/C33H41ClN6O3S/c1-2-23-15-22(17-28(34)31(23)35)16-24(32(42)39-13-5-26(6-14-39)37-9-3-4-10-37)18-30(41)38-11-7-27(8-12-38)40-19-25-20-44-21-29(25)36-33(40)43/h1,15,17,20-21,24,26-27H,3-14,16,18-19,35H2,(H,36,43)/t24-/m0/s1. The number of nitrogens with zero attached hydrogens (tertiary/aromatic N) is 4. The topological polar surface area (TPSA) is 102 Å². The van der Waals surface area contributed by atoms with E-state index in [9.17, 15) is 14.4 Å². The molecule has 9 nitrogen and oxygen atoms in total. The van der Waals surface area contributed by atoms with E-state index in [0.29, 0.717) is 74.3 Å². The van der Waals surface area contributed by atoms with Gasteiger partial charge in [0.1, 0.15) is 0 Å². The third-order valence-electron chi connectivity index (χ3n) is 9.87. The van der Waals surface area contributed by atoms with Crippen LogP contribution in [-0.2, 0) is 22.6 Å². The second kappa shape index (κ2) is 13.4. The number of fused-ring (bicyclic) bond motifs is 1. The molecule has 3 saturated heterocycles. The summed E-state index contributed by atoms with van der Waals surface area (Å²) in [6, 6.07) is 4.09. The first-order valence-electron chi connectivity index (χ1n) is 15.8. The molecular weight excluding hydrogens is 596 g/mol. The lowest BCUT2D eigenvalue weighted by molar-refractivity contribution is -0.143. The van der Waals surface area contributed by atoms with Gasteiger partial charge in [-0.15, -0.1) is 17.8 Å². The Kier molecular flexibility index (Phi) is 9.36. The molecule has 11 heteroatoms. The van der Waals surface area contributed by atoms with E-state index in [1.165, 1.54) is 12.8 Å². The number of benzene rings is 1. The number of nitrogens with two attached hydrogens (primary N) is 1. The van der Waals surface area contributed by atoms with E-state index < -0.39 is 5.92 Å². The van der Waals surface area contributed by atoms with Gasteiger partial charge < -0.3 is 30.7 Å². The van der Waals surface area contributed by atoms with Crippen molar-refractivity contribution in [3.05, 3.63) is 44.6 Å². The number of halogens is 1. The van der Waals surface area contributed by atoms with Crippen LogP contribution in [0, 0.1) is 18.3 Å². The van der Waals surface area contributed by atoms with Crippen molar-refractivity contribution < 1.29 is 14.4 Å². The minimum atomic E-state index is -0.529. The summed E-state index contributed by atoms with van der Waals surface area (Å²) in [4.78, 5) is 48.8. The summed E-state index contributed by atoms with van der Waals surface area (Å²) in [6.45, 7) is 5.42. The molecule has 2 aromatic rings. The van der Waals surface area contributed by atoms with Gasteiger partial charge in [0.25, 0.3) is 0 Å². The zero-order valence-electron chi connectivity index (χ0n) is 25.1. The summed E-state index contributed by atoms with van der Waals surface area (Å²) in [5.41, 5.74) is 9.74. The SMILES string of the molecule is C#Cc1cc(C[C@@H](CC(=O)N2CCC(N3Cc4cscc4NC3=O)CC2)C(=O)N2CCC(N3CCCC3)CC2)cc(Cl)c1N. The van der Waals surface area contributed by atoms with Crippen LogP contribution in [0.5, 0.6) is 0 Å². The number of rotatable bonds is 7. The molecule has 1 aromatic heterocycles. The van der Waals surface area contributed by atoms with Crippen molar-refractivity contribution >= 4 is 52.2 Å². The third-order valence-corrected chi connectivity index (χ3v) is 11.0. The highest BCUT2D eigenvalue weighted by Gasteiger charge is 2.36. The lowest BCUT2D eigenvalue weighted by Gasteiger charge is -2.40. The van der Waals surface area contributed by atoms with Gasteiger partial charge in [0.05, 0.1) is 28.9 Å². The number of amides is 4.